The number of amides is 1. The second-order valence-corrected chi connectivity index (χ2v) is 7.76. The highest BCUT2D eigenvalue weighted by Gasteiger charge is 2.19. The van der Waals surface area contributed by atoms with E-state index in [1.165, 1.54) is 18.5 Å². The summed E-state index contributed by atoms with van der Waals surface area (Å²) in [5.74, 6) is 0.849. The van der Waals surface area contributed by atoms with Gasteiger partial charge in [-0.1, -0.05) is 19.1 Å². The molecule has 29 heavy (non-hydrogen) atoms. The van der Waals surface area contributed by atoms with Crippen molar-refractivity contribution in [2.75, 3.05) is 43.5 Å². The second kappa shape index (κ2) is 9.79. The average Bonchev–Trinajstić information content (AvgIpc) is 3.28. The van der Waals surface area contributed by atoms with Crippen LogP contribution in [0.3, 0.4) is 0 Å². The zero-order valence-corrected chi connectivity index (χ0v) is 18.1. The van der Waals surface area contributed by atoms with Crippen molar-refractivity contribution in [2.24, 2.45) is 0 Å². The normalized spacial score (nSPS) is 14.9. The van der Waals surface area contributed by atoms with E-state index >= 15 is 0 Å². The Hall–Kier alpha value is -2.53. The summed E-state index contributed by atoms with van der Waals surface area (Å²) in [5.41, 5.74) is 4.39. The fourth-order valence-corrected chi connectivity index (χ4v) is 3.97. The summed E-state index contributed by atoms with van der Waals surface area (Å²) in [6.07, 6.45) is 2.52. The van der Waals surface area contributed by atoms with E-state index in [2.05, 4.69) is 54.1 Å². The number of carbonyl (C=O) groups excluding carboxylic acids is 1. The van der Waals surface area contributed by atoms with Gasteiger partial charge in [-0.25, -0.2) is 0 Å². The molecule has 1 aliphatic heterocycles. The molecule has 2 aromatic carbocycles. The van der Waals surface area contributed by atoms with Crippen molar-refractivity contribution >= 4 is 17.3 Å². The molecule has 3 rings (SSSR count). The van der Waals surface area contributed by atoms with Crippen LogP contribution in [0.25, 0.3) is 0 Å². The number of nitrogens with zero attached hydrogens (tertiary/aromatic N) is 2. The molecule has 1 fully saturated rings. The van der Waals surface area contributed by atoms with Crippen LogP contribution in [-0.4, -0.2) is 44.1 Å². The van der Waals surface area contributed by atoms with E-state index in [0.29, 0.717) is 6.54 Å². The van der Waals surface area contributed by atoms with Gasteiger partial charge in [-0.3, -0.25) is 9.69 Å². The summed E-state index contributed by atoms with van der Waals surface area (Å²) >= 11 is 0. The van der Waals surface area contributed by atoms with Crippen molar-refractivity contribution in [3.05, 3.63) is 53.6 Å². The Bertz CT molecular complexity index is 831. The van der Waals surface area contributed by atoms with E-state index in [9.17, 15) is 4.79 Å². The molecular weight excluding hydrogens is 362 g/mol. The van der Waals surface area contributed by atoms with Crippen LogP contribution in [0.4, 0.5) is 11.4 Å². The molecule has 1 aliphatic rings. The lowest BCUT2D eigenvalue weighted by atomic mass is 10.1. The lowest BCUT2D eigenvalue weighted by molar-refractivity contribution is -0.117. The molecule has 0 aromatic heterocycles. The number of anilines is 2. The van der Waals surface area contributed by atoms with Gasteiger partial charge >= 0.3 is 0 Å². The maximum atomic E-state index is 12.7. The number of aryl methyl sites for hydroxylation is 1. The molecule has 5 nitrogen and oxygen atoms in total. The van der Waals surface area contributed by atoms with Crippen LogP contribution in [0.15, 0.2) is 42.5 Å². The van der Waals surface area contributed by atoms with E-state index in [1.54, 1.807) is 7.11 Å². The van der Waals surface area contributed by atoms with Gasteiger partial charge in [0.05, 0.1) is 13.7 Å². The second-order valence-electron chi connectivity index (χ2n) is 7.76. The summed E-state index contributed by atoms with van der Waals surface area (Å²) < 4.78 is 5.34. The number of carbonyl (C=O) groups is 1. The predicted octanol–water partition coefficient (Wildman–Crippen LogP) is 4.63. The third kappa shape index (κ3) is 5.30. The largest absolute Gasteiger partial charge is 0.497 e. The Morgan fingerprint density at radius 1 is 1.21 bits per heavy atom. The maximum Gasteiger partial charge on any atom is 0.238 e. The molecule has 0 aliphatic carbocycles. The molecule has 1 heterocycles. The van der Waals surface area contributed by atoms with Gasteiger partial charge in [0.25, 0.3) is 0 Å². The summed E-state index contributed by atoms with van der Waals surface area (Å²) in [4.78, 5) is 17.3. The number of rotatable bonds is 8. The van der Waals surface area contributed by atoms with Gasteiger partial charge in [-0.2, -0.15) is 0 Å². The van der Waals surface area contributed by atoms with Crippen LogP contribution in [-0.2, 0) is 4.79 Å². The van der Waals surface area contributed by atoms with Crippen LogP contribution in [0.5, 0.6) is 5.75 Å². The van der Waals surface area contributed by atoms with E-state index in [4.69, 9.17) is 4.74 Å². The van der Waals surface area contributed by atoms with Crippen molar-refractivity contribution in [3.63, 3.8) is 0 Å². The molecule has 1 N–H and O–H groups in total. The summed E-state index contributed by atoms with van der Waals surface area (Å²) in [7, 11) is 1.67. The minimum atomic E-state index is 0.0126. The fraction of sp³-hybridized carbons (Fsp3) is 0.458. The Kier molecular flexibility index (Phi) is 7.15. The van der Waals surface area contributed by atoms with Gasteiger partial charge < -0.3 is 15.0 Å². The standard InChI is InChI=1S/C24H33N3O2/c1-5-26(19(3)20-9-8-10-22(16-20)29-4)17-24(28)25-23-12-11-21(15-18(23)2)27-13-6-7-14-27/h8-12,15-16,19H,5-7,13-14,17H2,1-4H3,(H,25,28). The molecule has 0 bridgehead atoms. The predicted molar refractivity (Wildman–Crippen MR) is 120 cm³/mol. The highest BCUT2D eigenvalue weighted by Crippen LogP contribution is 2.26. The third-order valence-electron chi connectivity index (χ3n) is 5.83. The SMILES string of the molecule is CCN(CC(=O)Nc1ccc(N2CCCC2)cc1C)C(C)c1cccc(OC)c1. The van der Waals surface area contributed by atoms with Crippen molar-refractivity contribution in [3.8, 4) is 5.75 Å². The van der Waals surface area contributed by atoms with Crippen molar-refractivity contribution < 1.29 is 9.53 Å². The maximum absolute atomic E-state index is 12.7. The number of hydrogen-bond acceptors (Lipinski definition) is 4. The van der Waals surface area contributed by atoms with Gasteiger partial charge in [0, 0.05) is 30.5 Å². The number of likely N-dealkylation sites (N-methyl/N-ethyl adjacent to an activating group) is 1. The van der Waals surface area contributed by atoms with Gasteiger partial charge in [0.1, 0.15) is 5.75 Å². The molecule has 156 valence electrons. The summed E-state index contributed by atoms with van der Waals surface area (Å²) in [6, 6.07) is 14.5. The first-order valence-corrected chi connectivity index (χ1v) is 10.5. The van der Waals surface area contributed by atoms with E-state index in [0.717, 1.165) is 42.2 Å². The zero-order valence-electron chi connectivity index (χ0n) is 18.1. The molecule has 0 radical (unpaired) electrons. The molecule has 2 aromatic rings. The van der Waals surface area contributed by atoms with E-state index < -0.39 is 0 Å². The molecule has 1 saturated heterocycles. The van der Waals surface area contributed by atoms with Gasteiger partial charge in [-0.15, -0.1) is 0 Å². The highest BCUT2D eigenvalue weighted by molar-refractivity contribution is 5.93. The van der Waals surface area contributed by atoms with Crippen molar-refractivity contribution in [2.45, 2.75) is 39.7 Å². The first-order valence-electron chi connectivity index (χ1n) is 10.5. The molecule has 5 heteroatoms. The third-order valence-corrected chi connectivity index (χ3v) is 5.83. The highest BCUT2D eigenvalue weighted by atomic mass is 16.5. The molecule has 1 unspecified atom stereocenters. The molecular formula is C24H33N3O2. The summed E-state index contributed by atoms with van der Waals surface area (Å²) in [5, 5.41) is 3.10. The van der Waals surface area contributed by atoms with Crippen molar-refractivity contribution in [1.82, 2.24) is 4.90 Å². The molecule has 1 amide bonds. The molecule has 0 spiro atoms. The van der Waals surface area contributed by atoms with Crippen LogP contribution in [0.1, 0.15) is 43.9 Å². The number of benzene rings is 2. The van der Waals surface area contributed by atoms with Crippen LogP contribution in [0, 0.1) is 6.92 Å². The average molecular weight is 396 g/mol. The van der Waals surface area contributed by atoms with Gasteiger partial charge in [0.15, 0.2) is 0 Å². The lowest BCUT2D eigenvalue weighted by Crippen LogP contribution is -2.35. The first kappa shape index (κ1) is 21.2. The van der Waals surface area contributed by atoms with Crippen LogP contribution in [0.2, 0.25) is 0 Å². The smallest absolute Gasteiger partial charge is 0.238 e. The Balaban J connectivity index is 1.63. The minimum Gasteiger partial charge on any atom is -0.497 e. The van der Waals surface area contributed by atoms with E-state index in [1.807, 2.05) is 24.3 Å². The van der Waals surface area contributed by atoms with E-state index in [-0.39, 0.29) is 11.9 Å². The fourth-order valence-electron chi connectivity index (χ4n) is 3.97. The quantitative estimate of drug-likeness (QED) is 0.708. The first-order chi connectivity index (χ1) is 14.0. The monoisotopic (exact) mass is 395 g/mol. The lowest BCUT2D eigenvalue weighted by Gasteiger charge is -2.28. The number of hydrogen-bond donors (Lipinski definition) is 1. The van der Waals surface area contributed by atoms with Crippen LogP contribution < -0.4 is 15.0 Å². The zero-order chi connectivity index (χ0) is 20.8. The topological polar surface area (TPSA) is 44.8 Å². The number of methoxy groups -OCH3 is 1. The Morgan fingerprint density at radius 2 is 1.97 bits per heavy atom. The number of nitrogens with one attached hydrogen (secondary N) is 1. The molecule has 0 saturated carbocycles. The van der Waals surface area contributed by atoms with Gasteiger partial charge in [-0.05, 0) is 74.7 Å². The minimum absolute atomic E-state index is 0.0126. The van der Waals surface area contributed by atoms with Crippen molar-refractivity contribution in [1.29, 1.82) is 0 Å². The summed E-state index contributed by atoms with van der Waals surface area (Å²) in [6.45, 7) is 9.66. The molecule has 1 atom stereocenters. The van der Waals surface area contributed by atoms with Gasteiger partial charge in [0.2, 0.25) is 5.91 Å². The number of ether oxygens (including phenoxy) is 1. The Labute approximate surface area is 174 Å². The Morgan fingerprint density at radius 3 is 2.62 bits per heavy atom. The van der Waals surface area contributed by atoms with Crippen LogP contribution >= 0.6 is 0 Å².